The van der Waals surface area contributed by atoms with Crippen LogP contribution in [0.5, 0.6) is 5.75 Å². The van der Waals surface area contributed by atoms with Crippen molar-refractivity contribution in [1.29, 1.82) is 0 Å². The molecule has 0 atom stereocenters. The summed E-state index contributed by atoms with van der Waals surface area (Å²) in [7, 11) is 1.55. The van der Waals surface area contributed by atoms with Gasteiger partial charge in [0.1, 0.15) is 12.1 Å². The van der Waals surface area contributed by atoms with Crippen LogP contribution >= 0.6 is 0 Å². The number of tetrazole rings is 1. The third-order valence-electron chi connectivity index (χ3n) is 4.67. The molecule has 0 aliphatic rings. The van der Waals surface area contributed by atoms with Crippen LogP contribution in [0.25, 0.3) is 5.69 Å². The summed E-state index contributed by atoms with van der Waals surface area (Å²) in [6, 6.07) is 14.8. The zero-order valence-electron chi connectivity index (χ0n) is 16.9. The Hall–Kier alpha value is -4.01. The SMILES string of the molecule is COc1cc(-n2cnnn2)ccc1NC(=O)c1cccc(Cn2nc(C)cc2C)c1. The topological polar surface area (TPSA) is 99.8 Å². The molecule has 0 saturated carbocycles. The standard InChI is InChI=1S/C21H21N7O2/c1-14-9-15(2)27(24-14)12-16-5-4-6-17(10-16)21(29)23-19-8-7-18(11-20(19)30-3)28-13-22-25-26-28/h4-11,13H,12H2,1-3H3,(H,23,29). The van der Waals surface area contributed by atoms with Crippen LogP contribution in [-0.2, 0) is 6.54 Å². The number of ether oxygens (including phenoxy) is 1. The molecule has 1 amide bonds. The second kappa shape index (κ2) is 8.16. The van der Waals surface area contributed by atoms with Gasteiger partial charge in [0.2, 0.25) is 0 Å². The van der Waals surface area contributed by atoms with Crippen LogP contribution < -0.4 is 10.1 Å². The number of amides is 1. The zero-order valence-corrected chi connectivity index (χ0v) is 16.9. The molecule has 2 heterocycles. The van der Waals surface area contributed by atoms with Gasteiger partial charge in [-0.15, -0.1) is 5.10 Å². The first-order valence-electron chi connectivity index (χ1n) is 9.36. The van der Waals surface area contributed by atoms with E-state index in [1.165, 1.54) is 11.0 Å². The van der Waals surface area contributed by atoms with Crippen LogP contribution in [-0.4, -0.2) is 43.0 Å². The first-order chi connectivity index (χ1) is 14.5. The highest BCUT2D eigenvalue weighted by Crippen LogP contribution is 2.27. The molecule has 9 heteroatoms. The molecule has 152 valence electrons. The fourth-order valence-corrected chi connectivity index (χ4v) is 3.22. The molecule has 4 aromatic rings. The molecular weight excluding hydrogens is 382 g/mol. The molecule has 30 heavy (non-hydrogen) atoms. The molecule has 2 aromatic carbocycles. The second-order valence-electron chi connectivity index (χ2n) is 6.88. The van der Waals surface area contributed by atoms with Crippen molar-refractivity contribution in [2.75, 3.05) is 12.4 Å². The highest BCUT2D eigenvalue weighted by molar-refractivity contribution is 6.05. The first kappa shape index (κ1) is 19.3. The molecule has 0 unspecified atom stereocenters. The summed E-state index contributed by atoms with van der Waals surface area (Å²) < 4.78 is 8.86. The van der Waals surface area contributed by atoms with E-state index in [4.69, 9.17) is 4.74 Å². The van der Waals surface area contributed by atoms with E-state index in [-0.39, 0.29) is 5.91 Å². The number of nitrogens with one attached hydrogen (secondary N) is 1. The number of nitrogens with zero attached hydrogens (tertiary/aromatic N) is 6. The normalized spacial score (nSPS) is 10.8. The third kappa shape index (κ3) is 4.04. The number of carbonyl (C=O) groups excluding carboxylic acids is 1. The van der Waals surface area contributed by atoms with Crippen molar-refractivity contribution in [3.05, 3.63) is 77.4 Å². The van der Waals surface area contributed by atoms with Crippen LogP contribution in [0.3, 0.4) is 0 Å². The van der Waals surface area contributed by atoms with Gasteiger partial charge >= 0.3 is 0 Å². The van der Waals surface area contributed by atoms with Crippen molar-refractivity contribution < 1.29 is 9.53 Å². The number of rotatable bonds is 6. The van der Waals surface area contributed by atoms with E-state index in [2.05, 4.69) is 25.9 Å². The largest absolute Gasteiger partial charge is 0.494 e. The van der Waals surface area contributed by atoms with E-state index in [0.29, 0.717) is 23.5 Å². The Morgan fingerprint density at radius 1 is 1.13 bits per heavy atom. The van der Waals surface area contributed by atoms with E-state index in [1.807, 2.05) is 42.8 Å². The molecule has 0 fully saturated rings. The van der Waals surface area contributed by atoms with Crippen LogP contribution in [0.1, 0.15) is 27.3 Å². The molecule has 0 radical (unpaired) electrons. The molecule has 4 rings (SSSR count). The fourth-order valence-electron chi connectivity index (χ4n) is 3.22. The van der Waals surface area contributed by atoms with Crippen molar-refractivity contribution in [3.8, 4) is 11.4 Å². The minimum absolute atomic E-state index is 0.223. The van der Waals surface area contributed by atoms with Crippen molar-refractivity contribution in [2.24, 2.45) is 0 Å². The maximum absolute atomic E-state index is 12.8. The van der Waals surface area contributed by atoms with E-state index < -0.39 is 0 Å². The van der Waals surface area contributed by atoms with Gasteiger partial charge in [-0.2, -0.15) is 5.10 Å². The summed E-state index contributed by atoms with van der Waals surface area (Å²) in [4.78, 5) is 12.8. The lowest BCUT2D eigenvalue weighted by Crippen LogP contribution is -2.14. The Morgan fingerprint density at radius 3 is 2.70 bits per heavy atom. The highest BCUT2D eigenvalue weighted by atomic mass is 16.5. The van der Waals surface area contributed by atoms with Gasteiger partial charge < -0.3 is 10.1 Å². The van der Waals surface area contributed by atoms with Gasteiger partial charge in [-0.05, 0) is 60.2 Å². The Labute approximate surface area is 173 Å². The minimum Gasteiger partial charge on any atom is -0.494 e. The van der Waals surface area contributed by atoms with Crippen molar-refractivity contribution in [2.45, 2.75) is 20.4 Å². The number of aromatic nitrogens is 6. The van der Waals surface area contributed by atoms with Gasteiger partial charge in [0.15, 0.2) is 0 Å². The van der Waals surface area contributed by atoms with Crippen LogP contribution in [0.15, 0.2) is 54.9 Å². The zero-order chi connectivity index (χ0) is 21.1. The van der Waals surface area contributed by atoms with Crippen LogP contribution in [0.2, 0.25) is 0 Å². The van der Waals surface area contributed by atoms with Crippen molar-refractivity contribution >= 4 is 11.6 Å². The molecule has 0 aliphatic heterocycles. The third-order valence-corrected chi connectivity index (χ3v) is 4.67. The Balaban J connectivity index is 1.53. The van der Waals surface area contributed by atoms with Crippen molar-refractivity contribution in [3.63, 3.8) is 0 Å². The monoisotopic (exact) mass is 403 g/mol. The van der Waals surface area contributed by atoms with Gasteiger partial charge in [-0.3, -0.25) is 9.48 Å². The Kier molecular flexibility index (Phi) is 5.25. The molecule has 0 bridgehead atoms. The number of methoxy groups -OCH3 is 1. The van der Waals surface area contributed by atoms with E-state index in [1.54, 1.807) is 31.4 Å². The fraction of sp³-hybridized carbons (Fsp3) is 0.190. The van der Waals surface area contributed by atoms with E-state index >= 15 is 0 Å². The van der Waals surface area contributed by atoms with E-state index in [0.717, 1.165) is 22.6 Å². The highest BCUT2D eigenvalue weighted by Gasteiger charge is 2.12. The summed E-state index contributed by atoms with van der Waals surface area (Å²) in [5.41, 5.74) is 4.88. The van der Waals surface area contributed by atoms with Crippen LogP contribution in [0, 0.1) is 13.8 Å². The Morgan fingerprint density at radius 2 is 2.00 bits per heavy atom. The minimum atomic E-state index is -0.223. The quantitative estimate of drug-likeness (QED) is 0.531. The lowest BCUT2D eigenvalue weighted by molar-refractivity contribution is 0.102. The molecule has 0 spiro atoms. The summed E-state index contributed by atoms with van der Waals surface area (Å²) in [5.74, 6) is 0.286. The number of hydrogen-bond donors (Lipinski definition) is 1. The first-order valence-corrected chi connectivity index (χ1v) is 9.36. The number of benzene rings is 2. The predicted molar refractivity (Wildman–Crippen MR) is 111 cm³/mol. The number of anilines is 1. The van der Waals surface area contributed by atoms with Gasteiger partial charge in [-0.1, -0.05) is 12.1 Å². The van der Waals surface area contributed by atoms with Gasteiger partial charge in [0.05, 0.1) is 30.7 Å². The average molecular weight is 403 g/mol. The molecule has 0 aliphatic carbocycles. The van der Waals surface area contributed by atoms with Gasteiger partial charge in [0.25, 0.3) is 5.91 Å². The molecule has 1 N–H and O–H groups in total. The summed E-state index contributed by atoms with van der Waals surface area (Å²) >= 11 is 0. The summed E-state index contributed by atoms with van der Waals surface area (Å²) in [6.07, 6.45) is 1.49. The molecule has 0 saturated heterocycles. The predicted octanol–water partition coefficient (Wildman–Crippen LogP) is 2.78. The number of carbonyl (C=O) groups is 1. The maximum Gasteiger partial charge on any atom is 0.255 e. The van der Waals surface area contributed by atoms with E-state index in [9.17, 15) is 4.79 Å². The molecule has 2 aromatic heterocycles. The van der Waals surface area contributed by atoms with Gasteiger partial charge in [0, 0.05) is 17.3 Å². The average Bonchev–Trinajstić information content (AvgIpc) is 3.38. The lowest BCUT2D eigenvalue weighted by atomic mass is 10.1. The number of aryl methyl sites for hydroxylation is 2. The lowest BCUT2D eigenvalue weighted by Gasteiger charge is -2.12. The Bertz CT molecular complexity index is 1180. The van der Waals surface area contributed by atoms with Gasteiger partial charge in [-0.25, -0.2) is 4.68 Å². The molecular formula is C21H21N7O2. The van der Waals surface area contributed by atoms with Crippen molar-refractivity contribution in [1.82, 2.24) is 30.0 Å². The summed E-state index contributed by atoms with van der Waals surface area (Å²) in [5, 5.41) is 18.5. The summed E-state index contributed by atoms with van der Waals surface area (Å²) in [6.45, 7) is 4.58. The smallest absolute Gasteiger partial charge is 0.255 e. The van der Waals surface area contributed by atoms with Crippen LogP contribution in [0.4, 0.5) is 5.69 Å². The second-order valence-corrected chi connectivity index (χ2v) is 6.88. The number of hydrogen-bond acceptors (Lipinski definition) is 6. The maximum atomic E-state index is 12.8. The molecule has 9 nitrogen and oxygen atoms in total.